The van der Waals surface area contributed by atoms with Crippen LogP contribution in [-0.2, 0) is 36.7 Å². The van der Waals surface area contributed by atoms with E-state index in [1.165, 1.54) is 29.8 Å². The van der Waals surface area contributed by atoms with Gasteiger partial charge in [0.05, 0.1) is 32.6 Å². The van der Waals surface area contributed by atoms with E-state index in [9.17, 15) is 27.6 Å². The first-order valence-corrected chi connectivity index (χ1v) is 28.5. The third-order valence-electron chi connectivity index (χ3n) is 16.6. The molecule has 1 aliphatic heterocycles. The molecule has 11 aromatic rings. The number of fused-ring (bicyclic) bond motifs is 8. The van der Waals surface area contributed by atoms with E-state index in [2.05, 4.69) is 17.1 Å². The van der Waals surface area contributed by atoms with Crippen LogP contribution in [0.3, 0.4) is 0 Å². The lowest BCUT2D eigenvalue weighted by Gasteiger charge is -2.15. The number of ether oxygens (including phenoxy) is 1. The zero-order chi connectivity index (χ0) is 57.7. The molecule has 0 saturated heterocycles. The van der Waals surface area contributed by atoms with Crippen LogP contribution in [0.25, 0.3) is 77.1 Å². The number of benzene rings is 8. The molecule has 0 fully saturated rings. The molecule has 0 amide bonds. The number of rotatable bonds is 10. The van der Waals surface area contributed by atoms with Crippen molar-refractivity contribution in [2.45, 2.75) is 64.0 Å². The monoisotopic (exact) mass is 1160 g/mol. The van der Waals surface area contributed by atoms with Crippen LogP contribution in [-0.4, -0.2) is 33.1 Å². The number of nitrogens with zero attached hydrogens (tertiary/aromatic N) is 2. The molecule has 414 valence electrons. The largest absolute Gasteiger partial charge is 0.935 e. The maximum Gasteiger partial charge on any atom is 0.935 e. The van der Waals surface area contributed by atoms with Crippen molar-refractivity contribution in [1.82, 2.24) is 9.55 Å². The predicted octanol–water partition coefficient (Wildman–Crippen LogP) is 16.7. The van der Waals surface area contributed by atoms with Crippen LogP contribution in [0.1, 0.15) is 76.7 Å². The second kappa shape index (κ2) is 20.8. The lowest BCUT2D eigenvalue weighted by atomic mass is 9.95. The summed E-state index contributed by atoms with van der Waals surface area (Å²) in [4.78, 5) is 45.8. The van der Waals surface area contributed by atoms with E-state index < -0.39 is 36.2 Å². The lowest BCUT2D eigenvalue weighted by Crippen LogP contribution is -2.31. The van der Waals surface area contributed by atoms with Gasteiger partial charge in [-0.15, -0.1) is 0 Å². The quantitative estimate of drug-likeness (QED) is 0.0367. The second-order valence-electron chi connectivity index (χ2n) is 21.6. The SMILES string of the molecule is O=C(CCCc1ccc(-n2c(=O)c3ccc4oc5ccc(-c6ccc(C(F)(F)F)cc6)cc5c5ccc(c2=O)c3c45)cc1)Oc1cc(Cl)c(/C(=C2\C=C3CCCc4ccccc4C3=[N+]2B(F)F)c2cc3c([nH]2)-c2ccccc2CCC3)c(Cl)c1. The molecule has 14 rings (SSSR count). The molecule has 0 bridgehead atoms. The van der Waals surface area contributed by atoms with E-state index in [0.717, 1.165) is 92.4 Å². The molecule has 0 radical (unpaired) electrons. The number of alkyl halides is 3. The minimum absolute atomic E-state index is 0.0129. The first-order valence-electron chi connectivity index (χ1n) is 27.7. The Labute approximate surface area is 486 Å². The van der Waals surface area contributed by atoms with E-state index in [1.807, 2.05) is 54.6 Å². The summed E-state index contributed by atoms with van der Waals surface area (Å²) in [6, 6.07) is 45.0. The minimum atomic E-state index is -4.47. The van der Waals surface area contributed by atoms with Gasteiger partial charge in [0.2, 0.25) is 0 Å². The summed E-state index contributed by atoms with van der Waals surface area (Å²) in [6.07, 6.45) is 2.94. The topological polar surface area (TPSA) is 97.3 Å². The molecule has 1 N–H and O–H groups in total. The summed E-state index contributed by atoms with van der Waals surface area (Å²) in [5, 5.41) is 3.23. The van der Waals surface area contributed by atoms with Crippen molar-refractivity contribution in [3.8, 4) is 33.8 Å². The van der Waals surface area contributed by atoms with E-state index in [-0.39, 0.29) is 27.9 Å². The summed E-state index contributed by atoms with van der Waals surface area (Å²) in [5.74, 6) is -0.457. The van der Waals surface area contributed by atoms with E-state index in [0.29, 0.717) is 102 Å². The first-order chi connectivity index (χ1) is 40.7. The third-order valence-corrected chi connectivity index (χ3v) is 17.2. The van der Waals surface area contributed by atoms with Crippen LogP contribution in [0.15, 0.2) is 189 Å². The maximum absolute atomic E-state index is 15.9. The number of H-pyrrole nitrogens is 1. The minimum Gasteiger partial charge on any atom is -0.456 e. The summed E-state index contributed by atoms with van der Waals surface area (Å²) in [5.41, 5.74) is 10.4. The van der Waals surface area contributed by atoms with Crippen molar-refractivity contribution in [1.29, 1.82) is 0 Å². The van der Waals surface area contributed by atoms with Crippen LogP contribution in [0.5, 0.6) is 5.75 Å². The zero-order valence-electron chi connectivity index (χ0n) is 44.6. The molecule has 0 saturated carbocycles. The fraction of sp³-hybridized carbons (Fsp3) is 0.147. The first kappa shape index (κ1) is 53.2. The Balaban J connectivity index is 0.721. The highest BCUT2D eigenvalue weighted by molar-refractivity contribution is 6.39. The smallest absolute Gasteiger partial charge is 0.456 e. The van der Waals surface area contributed by atoms with Crippen LogP contribution in [0.2, 0.25) is 10.0 Å². The van der Waals surface area contributed by atoms with E-state index >= 15 is 8.63 Å². The standard InChI is InChI=1S/C68H45BCl2F5N3O5/c70-53-35-46(36-54(71)62(53)63(55-33-42-13-6-11-39-9-1-3-15-47(39)64(42)77-55)56-34-43-14-7-12-40-10-2-4-16-48(40)65(43)79(56)69(75)76)83-59(80)17-5-8-37-18-25-45(26-19-37)78-66(81)50-28-27-49-52-32-41(38-20-23-44(24-21-38)68(72,73)74)22-30-57(52)84-58-31-29-51(67(78)82)60(50)61(49)58/h1-4,9-10,15-16,18-36H,5-8,11-14,17H2/p+1. The Bertz CT molecular complexity index is 4730. The van der Waals surface area contributed by atoms with Gasteiger partial charge in [0.1, 0.15) is 16.9 Å². The van der Waals surface area contributed by atoms with Crippen molar-refractivity contribution in [2.75, 3.05) is 0 Å². The van der Waals surface area contributed by atoms with E-state index in [1.54, 1.807) is 60.7 Å². The van der Waals surface area contributed by atoms with Crippen LogP contribution in [0, 0.1) is 0 Å². The lowest BCUT2D eigenvalue weighted by molar-refractivity contribution is -0.340. The Hall–Kier alpha value is -8.85. The molecular weight excluding hydrogens is 1120 g/mol. The molecule has 0 atom stereocenters. The summed E-state index contributed by atoms with van der Waals surface area (Å²) < 4.78 is 86.1. The van der Waals surface area contributed by atoms with Gasteiger partial charge in [0.25, 0.3) is 11.1 Å². The Kier molecular flexibility index (Phi) is 13.2. The number of allylic oxidation sites excluding steroid dienone is 2. The van der Waals surface area contributed by atoms with Gasteiger partial charge < -0.3 is 14.1 Å². The zero-order valence-corrected chi connectivity index (χ0v) is 46.1. The average molecular weight is 1160 g/mol. The highest BCUT2D eigenvalue weighted by atomic mass is 35.5. The summed E-state index contributed by atoms with van der Waals surface area (Å²) >= 11 is 14.4. The molecular formula is C68H46BCl2F5N3O5+. The highest BCUT2D eigenvalue weighted by Crippen LogP contribution is 2.46. The molecule has 4 heterocycles. The molecule has 0 unspecified atom stereocenters. The normalized spacial score (nSPS) is 14.8. The Morgan fingerprint density at radius 3 is 2.01 bits per heavy atom. The number of aryl methyl sites for hydroxylation is 4. The highest BCUT2D eigenvalue weighted by Gasteiger charge is 2.48. The number of aromatic nitrogens is 2. The molecule has 8 aromatic carbocycles. The number of hydrogen-bond donors (Lipinski definition) is 1. The molecule has 2 aliphatic carbocycles. The third kappa shape index (κ3) is 9.14. The van der Waals surface area contributed by atoms with Gasteiger partial charge in [0.15, 0.2) is 11.4 Å². The fourth-order valence-corrected chi connectivity index (χ4v) is 13.4. The molecule has 0 spiro atoms. The molecule has 3 aromatic heterocycles. The number of hydrogen-bond acceptors (Lipinski definition) is 5. The number of halogens is 7. The van der Waals surface area contributed by atoms with Crippen LogP contribution < -0.4 is 15.9 Å². The fourth-order valence-electron chi connectivity index (χ4n) is 12.8. The van der Waals surface area contributed by atoms with E-state index in [4.69, 9.17) is 32.4 Å². The predicted molar refractivity (Wildman–Crippen MR) is 321 cm³/mol. The second-order valence-corrected chi connectivity index (χ2v) is 22.5. The Morgan fingerprint density at radius 1 is 0.667 bits per heavy atom. The van der Waals surface area contributed by atoms with Gasteiger partial charge in [-0.3, -0.25) is 14.4 Å². The number of nitrogens with one attached hydrogen (secondary N) is 1. The van der Waals surface area contributed by atoms with Crippen molar-refractivity contribution >= 4 is 91.3 Å². The van der Waals surface area contributed by atoms with Crippen molar-refractivity contribution in [3.05, 3.63) is 250 Å². The molecule has 16 heteroatoms. The summed E-state index contributed by atoms with van der Waals surface area (Å²) in [6.45, 7) is 0. The molecule has 3 aliphatic rings. The van der Waals surface area contributed by atoms with Crippen molar-refractivity contribution < 1.29 is 40.2 Å². The van der Waals surface area contributed by atoms with Crippen molar-refractivity contribution in [3.63, 3.8) is 0 Å². The van der Waals surface area contributed by atoms with Gasteiger partial charge in [-0.2, -0.15) is 13.2 Å². The maximum atomic E-state index is 15.9. The van der Waals surface area contributed by atoms with Gasteiger partial charge >= 0.3 is 19.5 Å². The summed E-state index contributed by atoms with van der Waals surface area (Å²) in [7, 11) is -2.92. The number of esters is 1. The average Bonchev–Trinajstić information content (AvgIpc) is 0.940. The van der Waals surface area contributed by atoms with Gasteiger partial charge in [-0.25, -0.2) is 17.7 Å². The number of pyridine rings is 1. The van der Waals surface area contributed by atoms with Gasteiger partial charge in [-0.1, -0.05) is 102 Å². The van der Waals surface area contributed by atoms with Gasteiger partial charge in [-0.05, 0) is 157 Å². The number of carbonyl (C=O) groups is 1. The van der Waals surface area contributed by atoms with Crippen LogP contribution in [0.4, 0.5) is 21.8 Å². The van der Waals surface area contributed by atoms with Gasteiger partial charge in [0, 0.05) is 79.5 Å². The van der Waals surface area contributed by atoms with Crippen molar-refractivity contribution in [2.24, 2.45) is 0 Å². The number of aromatic amines is 1. The molecule has 8 nitrogen and oxygen atoms in total. The Morgan fingerprint density at radius 2 is 1.30 bits per heavy atom. The number of carbonyl (C=O) groups excluding carboxylic acids is 1. The molecule has 84 heavy (non-hydrogen) atoms. The van der Waals surface area contributed by atoms with Crippen LogP contribution >= 0.6 is 23.2 Å².